The van der Waals surface area contributed by atoms with Crippen LogP contribution in [0.25, 0.3) is 0 Å². The molecule has 2 aromatic rings. The largest absolute Gasteiger partial charge is 0.497 e. The number of rotatable bonds is 8. The summed E-state index contributed by atoms with van der Waals surface area (Å²) in [6.07, 6.45) is 5.00. The number of guanidine groups is 1. The maximum absolute atomic E-state index is 13.0. The van der Waals surface area contributed by atoms with Gasteiger partial charge in [0.25, 0.3) is 0 Å². The molecule has 2 heterocycles. The Morgan fingerprint density at radius 2 is 2.03 bits per heavy atom. The first-order chi connectivity index (χ1) is 14.1. The highest BCUT2D eigenvalue weighted by Crippen LogP contribution is 2.27. The van der Waals surface area contributed by atoms with Crippen LogP contribution < -0.4 is 15.4 Å². The highest BCUT2D eigenvalue weighted by molar-refractivity contribution is 14.0. The fourth-order valence-electron chi connectivity index (χ4n) is 3.60. The first-order valence-electron chi connectivity index (χ1n) is 9.74. The molecule has 0 spiro atoms. The molecule has 0 radical (unpaired) electrons. The van der Waals surface area contributed by atoms with Crippen LogP contribution in [0.3, 0.4) is 0 Å². The van der Waals surface area contributed by atoms with E-state index in [-0.39, 0.29) is 42.4 Å². The predicted octanol–water partition coefficient (Wildman–Crippen LogP) is 3.41. The summed E-state index contributed by atoms with van der Waals surface area (Å²) in [4.78, 5) is 10.6. The van der Waals surface area contributed by atoms with E-state index < -0.39 is 6.55 Å². The zero-order valence-electron chi connectivity index (χ0n) is 17.2. The third-order valence-corrected chi connectivity index (χ3v) is 5.12. The lowest BCUT2D eigenvalue weighted by Crippen LogP contribution is -2.42. The normalized spacial score (nSPS) is 15.7. The Balaban J connectivity index is 0.00000320. The SMILES string of the molecule is CN=C(NCc1nccn1C(F)F)NCC(c1cccc(OC)c1)N1CCCC1.I. The molecule has 0 saturated carbocycles. The van der Waals surface area contributed by atoms with E-state index in [1.165, 1.54) is 30.8 Å². The summed E-state index contributed by atoms with van der Waals surface area (Å²) in [6.45, 7) is 0.264. The van der Waals surface area contributed by atoms with Gasteiger partial charge in [-0.15, -0.1) is 24.0 Å². The smallest absolute Gasteiger partial charge is 0.319 e. The van der Waals surface area contributed by atoms with Crippen LogP contribution in [0.4, 0.5) is 8.78 Å². The van der Waals surface area contributed by atoms with E-state index in [9.17, 15) is 8.78 Å². The maximum Gasteiger partial charge on any atom is 0.319 e. The number of methoxy groups -OCH3 is 1. The molecule has 2 N–H and O–H groups in total. The molecule has 1 saturated heterocycles. The summed E-state index contributed by atoms with van der Waals surface area (Å²) in [5.41, 5.74) is 1.17. The van der Waals surface area contributed by atoms with Gasteiger partial charge < -0.3 is 15.4 Å². The fraction of sp³-hybridized carbons (Fsp3) is 0.500. The number of hydrogen-bond donors (Lipinski definition) is 2. The molecule has 1 aromatic heterocycles. The second-order valence-corrected chi connectivity index (χ2v) is 6.87. The Bertz CT molecular complexity index is 810. The molecule has 7 nitrogen and oxygen atoms in total. The second-order valence-electron chi connectivity index (χ2n) is 6.87. The Labute approximate surface area is 192 Å². The highest BCUT2D eigenvalue weighted by Gasteiger charge is 2.24. The van der Waals surface area contributed by atoms with Gasteiger partial charge in [0.1, 0.15) is 11.6 Å². The number of aromatic nitrogens is 2. The van der Waals surface area contributed by atoms with Crippen molar-refractivity contribution < 1.29 is 13.5 Å². The van der Waals surface area contributed by atoms with Crippen molar-refractivity contribution in [1.82, 2.24) is 25.1 Å². The molecule has 1 aliphatic rings. The van der Waals surface area contributed by atoms with Gasteiger partial charge in [0, 0.05) is 26.0 Å². The molecule has 1 atom stereocenters. The van der Waals surface area contributed by atoms with Gasteiger partial charge in [-0.05, 0) is 43.6 Å². The van der Waals surface area contributed by atoms with Crippen molar-refractivity contribution in [3.63, 3.8) is 0 Å². The van der Waals surface area contributed by atoms with Crippen LogP contribution in [0.2, 0.25) is 0 Å². The molecular weight excluding hydrogens is 505 g/mol. The summed E-state index contributed by atoms with van der Waals surface area (Å²) in [5.74, 6) is 1.63. The molecule has 1 fully saturated rings. The number of alkyl halides is 2. The van der Waals surface area contributed by atoms with E-state index in [1.54, 1.807) is 14.2 Å². The molecule has 1 aromatic carbocycles. The monoisotopic (exact) mass is 534 g/mol. The number of halogens is 3. The van der Waals surface area contributed by atoms with Crippen LogP contribution in [0.1, 0.15) is 36.8 Å². The average Bonchev–Trinajstić information content (AvgIpc) is 3.42. The summed E-state index contributed by atoms with van der Waals surface area (Å²) in [6, 6.07) is 8.25. The standard InChI is InChI=1S/C20H28F2N6O.HI/c1-23-20(26-14-18-24-8-11-28(18)19(21)22)25-13-17(27-9-3-4-10-27)15-6-5-7-16(12-15)29-2;/h5-8,11-12,17,19H,3-4,9-10,13-14H2,1-2H3,(H2,23,25,26);1H. The number of imidazole rings is 1. The molecule has 0 bridgehead atoms. The minimum absolute atomic E-state index is 0. The molecule has 1 aliphatic heterocycles. The third-order valence-electron chi connectivity index (χ3n) is 5.12. The molecule has 0 amide bonds. The summed E-state index contributed by atoms with van der Waals surface area (Å²) in [5, 5.41) is 6.39. The second kappa shape index (κ2) is 12.0. The third kappa shape index (κ3) is 6.27. The molecule has 30 heavy (non-hydrogen) atoms. The number of benzene rings is 1. The first kappa shape index (κ1) is 24.3. The van der Waals surface area contributed by atoms with Crippen LogP contribution >= 0.6 is 24.0 Å². The number of hydrogen-bond acceptors (Lipinski definition) is 4. The fourth-order valence-corrected chi connectivity index (χ4v) is 3.60. The lowest BCUT2D eigenvalue weighted by Gasteiger charge is -2.29. The van der Waals surface area contributed by atoms with Crippen LogP contribution in [-0.2, 0) is 6.54 Å². The summed E-state index contributed by atoms with van der Waals surface area (Å²) < 4.78 is 32.2. The number of nitrogens with zero attached hydrogens (tertiary/aromatic N) is 4. The van der Waals surface area contributed by atoms with Gasteiger partial charge in [-0.25, -0.2) is 4.98 Å². The topological polar surface area (TPSA) is 66.7 Å². The van der Waals surface area contributed by atoms with Gasteiger partial charge in [0.05, 0.1) is 19.7 Å². The molecule has 0 aliphatic carbocycles. The van der Waals surface area contributed by atoms with Gasteiger partial charge >= 0.3 is 6.55 Å². The molecule has 166 valence electrons. The first-order valence-corrected chi connectivity index (χ1v) is 9.74. The van der Waals surface area contributed by atoms with E-state index in [0.717, 1.165) is 23.4 Å². The van der Waals surface area contributed by atoms with Crippen molar-refractivity contribution in [2.24, 2.45) is 4.99 Å². The van der Waals surface area contributed by atoms with E-state index in [2.05, 4.69) is 37.6 Å². The Hall–Kier alpha value is -1.95. The van der Waals surface area contributed by atoms with Crippen molar-refractivity contribution in [3.8, 4) is 5.75 Å². The lowest BCUT2D eigenvalue weighted by molar-refractivity contribution is 0.0668. The van der Waals surface area contributed by atoms with E-state index in [4.69, 9.17) is 4.74 Å². The Kier molecular flexibility index (Phi) is 9.76. The number of nitrogens with one attached hydrogen (secondary N) is 2. The molecule has 10 heteroatoms. The molecule has 1 unspecified atom stereocenters. The minimum atomic E-state index is -2.61. The summed E-state index contributed by atoms with van der Waals surface area (Å²) in [7, 11) is 3.32. The number of ether oxygens (including phenoxy) is 1. The zero-order chi connectivity index (χ0) is 20.6. The minimum Gasteiger partial charge on any atom is -0.497 e. The Morgan fingerprint density at radius 1 is 1.27 bits per heavy atom. The van der Waals surface area contributed by atoms with Crippen molar-refractivity contribution in [2.75, 3.05) is 33.8 Å². The van der Waals surface area contributed by atoms with Crippen LogP contribution in [0.15, 0.2) is 41.7 Å². The van der Waals surface area contributed by atoms with E-state index in [0.29, 0.717) is 12.5 Å². The van der Waals surface area contributed by atoms with Crippen molar-refractivity contribution in [3.05, 3.63) is 48.0 Å². The predicted molar refractivity (Wildman–Crippen MR) is 124 cm³/mol. The van der Waals surface area contributed by atoms with E-state index >= 15 is 0 Å². The van der Waals surface area contributed by atoms with Gasteiger partial charge in [-0.3, -0.25) is 14.5 Å². The van der Waals surface area contributed by atoms with E-state index in [1.807, 2.05) is 12.1 Å². The lowest BCUT2D eigenvalue weighted by atomic mass is 10.1. The van der Waals surface area contributed by atoms with Crippen LogP contribution in [0.5, 0.6) is 5.75 Å². The summed E-state index contributed by atoms with van der Waals surface area (Å²) >= 11 is 0. The van der Waals surface area contributed by atoms with Gasteiger partial charge in [0.2, 0.25) is 0 Å². The van der Waals surface area contributed by atoms with Gasteiger partial charge in [0.15, 0.2) is 5.96 Å². The van der Waals surface area contributed by atoms with Gasteiger partial charge in [-0.2, -0.15) is 8.78 Å². The molecule has 3 rings (SSSR count). The number of aliphatic imine (C=N–C) groups is 1. The van der Waals surface area contributed by atoms with Crippen LogP contribution in [-0.4, -0.2) is 54.2 Å². The highest BCUT2D eigenvalue weighted by atomic mass is 127. The van der Waals surface area contributed by atoms with Crippen LogP contribution in [0, 0.1) is 0 Å². The maximum atomic E-state index is 13.0. The quantitative estimate of drug-likeness (QED) is 0.309. The van der Waals surface area contributed by atoms with Crippen molar-refractivity contribution in [2.45, 2.75) is 32.0 Å². The molecular formula is C20H29F2IN6O. The number of likely N-dealkylation sites (tertiary alicyclic amines) is 1. The van der Waals surface area contributed by atoms with Crippen molar-refractivity contribution in [1.29, 1.82) is 0 Å². The zero-order valence-corrected chi connectivity index (χ0v) is 19.6. The average molecular weight is 534 g/mol. The van der Waals surface area contributed by atoms with Crippen molar-refractivity contribution >= 4 is 29.9 Å². The Morgan fingerprint density at radius 3 is 2.70 bits per heavy atom. The van der Waals surface area contributed by atoms with Gasteiger partial charge in [-0.1, -0.05) is 12.1 Å².